The number of anilines is 1. The molecule has 2 aromatic rings. The van der Waals surface area contributed by atoms with Gasteiger partial charge in [0.1, 0.15) is 11.4 Å². The maximum atomic E-state index is 12.2. The van der Waals surface area contributed by atoms with Crippen molar-refractivity contribution in [3.8, 4) is 5.75 Å². The van der Waals surface area contributed by atoms with Crippen molar-refractivity contribution in [3.05, 3.63) is 40.9 Å². The topological polar surface area (TPSA) is 85.7 Å². The van der Waals surface area contributed by atoms with E-state index in [1.165, 1.54) is 11.3 Å². The van der Waals surface area contributed by atoms with Crippen molar-refractivity contribution in [2.45, 2.75) is 25.3 Å². The molecule has 1 atom stereocenters. The van der Waals surface area contributed by atoms with Crippen LogP contribution in [0.3, 0.4) is 0 Å². The smallest absolute Gasteiger partial charge is 0.270 e. The lowest BCUT2D eigenvalue weighted by Gasteiger charge is -2.21. The normalized spacial score (nSPS) is 17.2. The molecule has 1 fully saturated rings. The van der Waals surface area contributed by atoms with Crippen LogP contribution in [0.5, 0.6) is 5.75 Å². The summed E-state index contributed by atoms with van der Waals surface area (Å²) in [4.78, 5) is 18.7. The zero-order chi connectivity index (χ0) is 16.9. The average Bonchev–Trinajstić information content (AvgIpc) is 3.25. The molecule has 1 unspecified atom stereocenters. The Morgan fingerprint density at radius 1 is 1.38 bits per heavy atom. The van der Waals surface area contributed by atoms with Crippen molar-refractivity contribution in [2.24, 2.45) is 0 Å². The van der Waals surface area contributed by atoms with Crippen molar-refractivity contribution in [3.63, 3.8) is 0 Å². The van der Waals surface area contributed by atoms with Gasteiger partial charge in [-0.25, -0.2) is 4.98 Å². The standard InChI is InChI=1S/C17H21N3O3S/c21-10-13-2-1-9-20(13)17-19-15(11-24-17)16(23)18-8-7-12-3-5-14(22)6-4-12/h3-6,11,13,21-22H,1-2,7-10H2,(H,18,23). The number of hydrogen-bond donors (Lipinski definition) is 3. The van der Waals surface area contributed by atoms with Crippen LogP contribution in [0.1, 0.15) is 28.9 Å². The summed E-state index contributed by atoms with van der Waals surface area (Å²) in [6, 6.07) is 7.06. The van der Waals surface area contributed by atoms with E-state index in [4.69, 9.17) is 0 Å². The van der Waals surface area contributed by atoms with Crippen molar-refractivity contribution in [2.75, 3.05) is 24.6 Å². The van der Waals surface area contributed by atoms with E-state index in [-0.39, 0.29) is 24.3 Å². The van der Waals surface area contributed by atoms with Crippen LogP contribution in [0.2, 0.25) is 0 Å². The van der Waals surface area contributed by atoms with E-state index in [0.29, 0.717) is 18.7 Å². The number of aromatic hydroxyl groups is 1. The molecule has 24 heavy (non-hydrogen) atoms. The van der Waals surface area contributed by atoms with Gasteiger partial charge in [0.2, 0.25) is 0 Å². The fraction of sp³-hybridized carbons (Fsp3) is 0.412. The van der Waals surface area contributed by atoms with Crippen LogP contribution in [-0.4, -0.2) is 46.8 Å². The molecule has 0 spiro atoms. The van der Waals surface area contributed by atoms with Gasteiger partial charge in [-0.05, 0) is 37.0 Å². The van der Waals surface area contributed by atoms with Gasteiger partial charge < -0.3 is 20.4 Å². The molecule has 3 rings (SSSR count). The van der Waals surface area contributed by atoms with E-state index in [1.807, 2.05) is 12.1 Å². The Labute approximate surface area is 144 Å². The molecule has 3 N–H and O–H groups in total. The van der Waals surface area contributed by atoms with Gasteiger partial charge in [-0.15, -0.1) is 11.3 Å². The largest absolute Gasteiger partial charge is 0.508 e. The molecule has 1 aliphatic heterocycles. The van der Waals surface area contributed by atoms with E-state index < -0.39 is 0 Å². The first-order chi connectivity index (χ1) is 11.7. The number of carbonyl (C=O) groups is 1. The number of phenols is 1. The first kappa shape index (κ1) is 16.7. The third-order valence-electron chi connectivity index (χ3n) is 4.19. The van der Waals surface area contributed by atoms with Crippen LogP contribution in [-0.2, 0) is 6.42 Å². The lowest BCUT2D eigenvalue weighted by Crippen LogP contribution is -2.32. The summed E-state index contributed by atoms with van der Waals surface area (Å²) >= 11 is 1.44. The van der Waals surface area contributed by atoms with Crippen LogP contribution in [0.25, 0.3) is 0 Å². The van der Waals surface area contributed by atoms with Gasteiger partial charge >= 0.3 is 0 Å². The predicted octanol–water partition coefficient (Wildman–Crippen LogP) is 1.78. The van der Waals surface area contributed by atoms with Crippen molar-refractivity contribution in [1.29, 1.82) is 0 Å². The summed E-state index contributed by atoms with van der Waals surface area (Å²) in [5, 5.41) is 24.1. The second kappa shape index (κ2) is 7.63. The number of aliphatic hydroxyl groups is 1. The Morgan fingerprint density at radius 3 is 2.92 bits per heavy atom. The Hall–Kier alpha value is -2.12. The van der Waals surface area contributed by atoms with Gasteiger partial charge in [0.05, 0.1) is 12.6 Å². The number of phenolic OH excluding ortho intramolecular Hbond substituents is 1. The molecule has 0 aliphatic carbocycles. The zero-order valence-corrected chi connectivity index (χ0v) is 14.1. The molecule has 2 heterocycles. The van der Waals surface area contributed by atoms with Crippen LogP contribution in [0.15, 0.2) is 29.6 Å². The number of aromatic nitrogens is 1. The van der Waals surface area contributed by atoms with Gasteiger partial charge in [-0.2, -0.15) is 0 Å². The SMILES string of the molecule is O=C(NCCc1ccc(O)cc1)c1csc(N2CCCC2CO)n1. The second-order valence-electron chi connectivity index (χ2n) is 5.86. The first-order valence-electron chi connectivity index (χ1n) is 8.06. The molecular formula is C17H21N3O3S. The molecule has 128 valence electrons. The monoisotopic (exact) mass is 347 g/mol. The number of aliphatic hydroxyl groups excluding tert-OH is 1. The molecule has 1 saturated heterocycles. The molecule has 0 bridgehead atoms. The predicted molar refractivity (Wildman–Crippen MR) is 93.7 cm³/mol. The highest BCUT2D eigenvalue weighted by Crippen LogP contribution is 2.28. The molecular weight excluding hydrogens is 326 g/mol. The molecule has 0 radical (unpaired) electrons. The summed E-state index contributed by atoms with van der Waals surface area (Å²) in [7, 11) is 0. The van der Waals surface area contributed by atoms with E-state index >= 15 is 0 Å². The fourth-order valence-corrected chi connectivity index (χ4v) is 3.75. The van der Waals surface area contributed by atoms with Crippen LogP contribution in [0, 0.1) is 0 Å². The minimum atomic E-state index is -0.184. The van der Waals surface area contributed by atoms with Crippen molar-refractivity contribution in [1.82, 2.24) is 10.3 Å². The Bertz CT molecular complexity index is 687. The van der Waals surface area contributed by atoms with E-state index in [1.54, 1.807) is 17.5 Å². The Morgan fingerprint density at radius 2 is 2.17 bits per heavy atom. The maximum absolute atomic E-state index is 12.2. The van der Waals surface area contributed by atoms with Gasteiger partial charge in [0.15, 0.2) is 5.13 Å². The molecule has 0 saturated carbocycles. The lowest BCUT2D eigenvalue weighted by atomic mass is 10.1. The van der Waals surface area contributed by atoms with Crippen molar-refractivity contribution < 1.29 is 15.0 Å². The van der Waals surface area contributed by atoms with E-state index in [2.05, 4.69) is 15.2 Å². The minimum Gasteiger partial charge on any atom is -0.508 e. The highest BCUT2D eigenvalue weighted by atomic mass is 32.1. The molecule has 6 nitrogen and oxygen atoms in total. The second-order valence-corrected chi connectivity index (χ2v) is 6.70. The van der Waals surface area contributed by atoms with E-state index in [9.17, 15) is 15.0 Å². The number of thiazole rings is 1. The van der Waals surface area contributed by atoms with Gasteiger partial charge in [-0.3, -0.25) is 4.79 Å². The van der Waals surface area contributed by atoms with E-state index in [0.717, 1.165) is 30.1 Å². The quantitative estimate of drug-likeness (QED) is 0.742. The maximum Gasteiger partial charge on any atom is 0.270 e. The Kier molecular flexibility index (Phi) is 5.32. The molecule has 1 aromatic carbocycles. The number of nitrogens with one attached hydrogen (secondary N) is 1. The highest BCUT2D eigenvalue weighted by Gasteiger charge is 2.26. The summed E-state index contributed by atoms with van der Waals surface area (Å²) in [5.74, 6) is 0.0527. The summed E-state index contributed by atoms with van der Waals surface area (Å²) < 4.78 is 0. The Balaban J connectivity index is 1.53. The average molecular weight is 347 g/mol. The zero-order valence-electron chi connectivity index (χ0n) is 13.3. The molecule has 1 amide bonds. The lowest BCUT2D eigenvalue weighted by molar-refractivity contribution is 0.0950. The van der Waals surface area contributed by atoms with Gasteiger partial charge in [0, 0.05) is 18.5 Å². The third-order valence-corrected chi connectivity index (χ3v) is 5.07. The number of carbonyl (C=O) groups excluding carboxylic acids is 1. The van der Waals surface area contributed by atoms with Gasteiger partial charge in [-0.1, -0.05) is 12.1 Å². The number of nitrogens with zero attached hydrogens (tertiary/aromatic N) is 2. The highest BCUT2D eigenvalue weighted by molar-refractivity contribution is 7.14. The fourth-order valence-electron chi connectivity index (χ4n) is 2.85. The number of benzene rings is 1. The van der Waals surface area contributed by atoms with Crippen LogP contribution < -0.4 is 10.2 Å². The summed E-state index contributed by atoms with van der Waals surface area (Å²) in [5.41, 5.74) is 1.47. The van der Waals surface area contributed by atoms with Crippen molar-refractivity contribution >= 4 is 22.4 Å². The van der Waals surface area contributed by atoms with Crippen LogP contribution in [0.4, 0.5) is 5.13 Å². The minimum absolute atomic E-state index is 0.113. The number of hydrogen-bond acceptors (Lipinski definition) is 6. The number of rotatable bonds is 6. The first-order valence-corrected chi connectivity index (χ1v) is 8.94. The third kappa shape index (κ3) is 3.85. The van der Waals surface area contributed by atoms with Gasteiger partial charge in [0.25, 0.3) is 5.91 Å². The summed E-state index contributed by atoms with van der Waals surface area (Å²) in [6.45, 7) is 1.51. The summed E-state index contributed by atoms with van der Waals surface area (Å²) in [6.07, 6.45) is 2.70. The molecule has 1 aromatic heterocycles. The molecule has 1 aliphatic rings. The number of amides is 1. The molecule has 7 heteroatoms. The van der Waals surface area contributed by atoms with Crippen LogP contribution >= 0.6 is 11.3 Å².